The maximum Gasteiger partial charge on any atom is 0.133 e. The van der Waals surface area contributed by atoms with Gasteiger partial charge in [-0.3, -0.25) is 0 Å². The van der Waals surface area contributed by atoms with Gasteiger partial charge in [-0.15, -0.1) is 0 Å². The molecule has 0 aliphatic carbocycles. The van der Waals surface area contributed by atoms with Gasteiger partial charge >= 0.3 is 0 Å². The lowest BCUT2D eigenvalue weighted by atomic mass is 10.1. The largest absolute Gasteiger partial charge is 0.373 e. The molecule has 0 saturated carbocycles. The number of nitrogens with one attached hydrogen (secondary N) is 2. The maximum absolute atomic E-state index is 4.51. The summed E-state index contributed by atoms with van der Waals surface area (Å²) in [5, 5.41) is 6.43. The molecule has 0 amide bonds. The first-order chi connectivity index (χ1) is 8.15. The fraction of sp³-hybridized carbons (Fsp3) is 0.692. The Balaban J connectivity index is 2.66. The van der Waals surface area contributed by atoms with E-state index in [1.165, 1.54) is 0 Å². The van der Waals surface area contributed by atoms with Crippen molar-refractivity contribution in [2.24, 2.45) is 5.92 Å². The van der Waals surface area contributed by atoms with Crippen LogP contribution in [-0.2, 0) is 6.42 Å². The average Bonchev–Trinajstić information content (AvgIpc) is 2.28. The summed E-state index contributed by atoms with van der Waals surface area (Å²) in [5.74, 6) is 3.43. The third kappa shape index (κ3) is 5.02. The van der Waals surface area contributed by atoms with E-state index < -0.39 is 0 Å². The first-order valence-electron chi connectivity index (χ1n) is 6.45. The minimum absolute atomic E-state index is 0.711. The molecule has 2 N–H and O–H groups in total. The zero-order valence-electron chi connectivity index (χ0n) is 11.4. The van der Waals surface area contributed by atoms with Crippen LogP contribution in [0.25, 0.3) is 0 Å². The van der Waals surface area contributed by atoms with Gasteiger partial charge in [-0.1, -0.05) is 20.8 Å². The summed E-state index contributed by atoms with van der Waals surface area (Å²) in [4.78, 5) is 8.93. The molecule has 1 rings (SSSR count). The molecule has 1 aromatic rings. The zero-order valence-corrected chi connectivity index (χ0v) is 11.4. The van der Waals surface area contributed by atoms with Crippen molar-refractivity contribution in [1.82, 2.24) is 9.97 Å². The van der Waals surface area contributed by atoms with Crippen LogP contribution in [0.3, 0.4) is 0 Å². The number of rotatable bonds is 7. The van der Waals surface area contributed by atoms with E-state index in [9.17, 15) is 0 Å². The van der Waals surface area contributed by atoms with Gasteiger partial charge in [0.25, 0.3) is 0 Å². The normalized spacial score (nSPS) is 10.6. The third-order valence-electron chi connectivity index (χ3n) is 2.53. The molecule has 96 valence electrons. The zero-order chi connectivity index (χ0) is 12.7. The van der Waals surface area contributed by atoms with Crippen LogP contribution in [0.15, 0.2) is 6.07 Å². The van der Waals surface area contributed by atoms with Crippen LogP contribution in [0.1, 0.15) is 39.4 Å². The summed E-state index contributed by atoms with van der Waals surface area (Å²) in [6, 6.07) is 1.96. The molecule has 4 nitrogen and oxygen atoms in total. The number of hydrogen-bond donors (Lipinski definition) is 2. The first kappa shape index (κ1) is 13.7. The smallest absolute Gasteiger partial charge is 0.133 e. The van der Waals surface area contributed by atoms with Crippen molar-refractivity contribution in [3.63, 3.8) is 0 Å². The van der Waals surface area contributed by atoms with E-state index in [1.807, 2.05) is 13.1 Å². The van der Waals surface area contributed by atoms with Crippen molar-refractivity contribution in [3.8, 4) is 0 Å². The quantitative estimate of drug-likeness (QED) is 0.764. The van der Waals surface area contributed by atoms with Gasteiger partial charge in [0.05, 0.1) is 0 Å². The summed E-state index contributed by atoms with van der Waals surface area (Å²) < 4.78 is 0. The molecule has 1 heterocycles. The molecule has 0 bridgehead atoms. The number of aryl methyl sites for hydroxylation is 1. The molecule has 0 spiro atoms. The van der Waals surface area contributed by atoms with Crippen molar-refractivity contribution < 1.29 is 0 Å². The Labute approximate surface area is 104 Å². The highest BCUT2D eigenvalue weighted by atomic mass is 15.1. The predicted octanol–water partition coefficient (Wildman–Crippen LogP) is 2.93. The highest BCUT2D eigenvalue weighted by molar-refractivity contribution is 5.47. The van der Waals surface area contributed by atoms with E-state index in [0.717, 1.165) is 43.3 Å². The van der Waals surface area contributed by atoms with Gasteiger partial charge < -0.3 is 10.6 Å². The molecular formula is C13H24N4. The topological polar surface area (TPSA) is 49.8 Å². The van der Waals surface area contributed by atoms with Crippen LogP contribution in [0.5, 0.6) is 0 Å². The van der Waals surface area contributed by atoms with E-state index >= 15 is 0 Å². The monoisotopic (exact) mass is 236 g/mol. The van der Waals surface area contributed by atoms with Crippen molar-refractivity contribution in [2.75, 3.05) is 24.2 Å². The molecule has 0 fully saturated rings. The Kier molecular flexibility index (Phi) is 5.73. The van der Waals surface area contributed by atoms with E-state index in [0.29, 0.717) is 5.92 Å². The Morgan fingerprint density at radius 3 is 2.53 bits per heavy atom. The third-order valence-corrected chi connectivity index (χ3v) is 2.53. The number of aromatic nitrogens is 2. The van der Waals surface area contributed by atoms with Crippen LogP contribution in [0, 0.1) is 5.92 Å². The van der Waals surface area contributed by atoms with Crippen LogP contribution >= 0.6 is 0 Å². The minimum Gasteiger partial charge on any atom is -0.373 e. The summed E-state index contributed by atoms with van der Waals surface area (Å²) in [6.45, 7) is 7.55. The Morgan fingerprint density at radius 1 is 1.24 bits per heavy atom. The Bertz CT molecular complexity index is 336. The van der Waals surface area contributed by atoms with Crippen LogP contribution in [0.4, 0.5) is 11.6 Å². The molecule has 0 unspecified atom stereocenters. The fourth-order valence-electron chi connectivity index (χ4n) is 1.54. The van der Waals surface area contributed by atoms with Crippen LogP contribution in [-0.4, -0.2) is 23.6 Å². The number of nitrogens with zero attached hydrogens (tertiary/aromatic N) is 2. The fourth-order valence-corrected chi connectivity index (χ4v) is 1.54. The molecule has 0 saturated heterocycles. The highest BCUT2D eigenvalue weighted by Crippen LogP contribution is 2.12. The van der Waals surface area contributed by atoms with E-state index in [1.54, 1.807) is 0 Å². The standard InChI is InChI=1S/C13H24N4/c1-5-6-11-16-12(14-4)9-13(17-11)15-8-7-10(2)3/h9-10H,5-8H2,1-4H3,(H2,14,15,16,17). The van der Waals surface area contributed by atoms with Gasteiger partial charge in [0, 0.05) is 26.1 Å². The van der Waals surface area contributed by atoms with Crippen molar-refractivity contribution in [1.29, 1.82) is 0 Å². The van der Waals surface area contributed by atoms with Gasteiger partial charge in [-0.2, -0.15) is 0 Å². The predicted molar refractivity (Wildman–Crippen MR) is 73.5 cm³/mol. The van der Waals surface area contributed by atoms with Crippen molar-refractivity contribution in [3.05, 3.63) is 11.9 Å². The molecule has 0 aromatic carbocycles. The van der Waals surface area contributed by atoms with Crippen LogP contribution < -0.4 is 10.6 Å². The first-order valence-corrected chi connectivity index (χ1v) is 6.45. The Morgan fingerprint density at radius 2 is 1.94 bits per heavy atom. The summed E-state index contributed by atoms with van der Waals surface area (Å²) >= 11 is 0. The molecule has 0 radical (unpaired) electrons. The lowest BCUT2D eigenvalue weighted by Gasteiger charge is -2.10. The molecular weight excluding hydrogens is 212 g/mol. The Hall–Kier alpha value is -1.32. The van der Waals surface area contributed by atoms with E-state index in [-0.39, 0.29) is 0 Å². The molecule has 4 heteroatoms. The lowest BCUT2D eigenvalue weighted by Crippen LogP contribution is -2.09. The summed E-state index contributed by atoms with van der Waals surface area (Å²) in [5.41, 5.74) is 0. The van der Waals surface area contributed by atoms with Crippen molar-refractivity contribution in [2.45, 2.75) is 40.0 Å². The van der Waals surface area contributed by atoms with Gasteiger partial charge in [0.1, 0.15) is 17.5 Å². The average molecular weight is 236 g/mol. The highest BCUT2D eigenvalue weighted by Gasteiger charge is 2.03. The second kappa shape index (κ2) is 7.09. The van der Waals surface area contributed by atoms with Gasteiger partial charge in [-0.05, 0) is 18.8 Å². The van der Waals surface area contributed by atoms with Crippen LogP contribution in [0.2, 0.25) is 0 Å². The second-order valence-electron chi connectivity index (χ2n) is 4.66. The molecule has 0 aliphatic rings. The number of anilines is 2. The number of hydrogen-bond acceptors (Lipinski definition) is 4. The summed E-state index contributed by atoms with van der Waals surface area (Å²) in [6.07, 6.45) is 3.15. The molecule has 0 atom stereocenters. The SMILES string of the molecule is CCCc1nc(NC)cc(NCCC(C)C)n1. The second-order valence-corrected chi connectivity index (χ2v) is 4.66. The van der Waals surface area contributed by atoms with E-state index in [4.69, 9.17) is 0 Å². The molecule has 0 aliphatic heterocycles. The van der Waals surface area contributed by atoms with Crippen molar-refractivity contribution >= 4 is 11.6 Å². The molecule has 1 aromatic heterocycles. The van der Waals surface area contributed by atoms with Gasteiger partial charge in [0.15, 0.2) is 0 Å². The lowest BCUT2D eigenvalue weighted by molar-refractivity contribution is 0.606. The minimum atomic E-state index is 0.711. The van der Waals surface area contributed by atoms with Gasteiger partial charge in [0.2, 0.25) is 0 Å². The molecule has 17 heavy (non-hydrogen) atoms. The summed E-state index contributed by atoms with van der Waals surface area (Å²) in [7, 11) is 1.88. The maximum atomic E-state index is 4.51. The van der Waals surface area contributed by atoms with E-state index in [2.05, 4.69) is 41.4 Å². The van der Waals surface area contributed by atoms with Gasteiger partial charge in [-0.25, -0.2) is 9.97 Å².